The van der Waals surface area contributed by atoms with Crippen molar-refractivity contribution in [2.75, 3.05) is 11.9 Å². The fourth-order valence-corrected chi connectivity index (χ4v) is 4.46. The second-order valence-corrected chi connectivity index (χ2v) is 9.25. The van der Waals surface area contributed by atoms with Gasteiger partial charge in [0, 0.05) is 12.1 Å². The normalized spacial score (nSPS) is 17.9. The molecule has 0 bridgehead atoms. The number of amidine groups is 1. The maximum atomic E-state index is 12.6. The smallest absolute Gasteiger partial charge is 0.338 e. The van der Waals surface area contributed by atoms with Crippen LogP contribution in [-0.2, 0) is 14.3 Å². The number of nitrogens with zero attached hydrogens (tertiary/aromatic N) is 2. The number of amides is 2. The molecule has 11 heteroatoms. The Morgan fingerprint density at radius 2 is 2.00 bits per heavy atom. The van der Waals surface area contributed by atoms with Gasteiger partial charge in [-0.3, -0.25) is 9.59 Å². The lowest BCUT2D eigenvalue weighted by atomic mass is 10.2. The van der Waals surface area contributed by atoms with Crippen LogP contribution in [0.5, 0.6) is 0 Å². The first kappa shape index (κ1) is 23.0. The summed E-state index contributed by atoms with van der Waals surface area (Å²) in [6.07, 6.45) is 0.0136. The molecule has 0 aliphatic carbocycles. The fourth-order valence-electron chi connectivity index (χ4n) is 2.54. The molecule has 8 nitrogen and oxygen atoms in total. The van der Waals surface area contributed by atoms with Crippen molar-refractivity contribution in [2.45, 2.75) is 25.5 Å². The van der Waals surface area contributed by atoms with E-state index in [4.69, 9.17) is 16.3 Å². The minimum absolute atomic E-state index is 0.0136. The molecule has 2 aromatic rings. The van der Waals surface area contributed by atoms with E-state index in [-0.39, 0.29) is 30.0 Å². The predicted molar refractivity (Wildman–Crippen MR) is 124 cm³/mol. The number of carbonyl (C=O) groups is 3. The van der Waals surface area contributed by atoms with Crippen LogP contribution in [0.2, 0.25) is 4.34 Å². The first-order chi connectivity index (χ1) is 14.9. The van der Waals surface area contributed by atoms with Gasteiger partial charge >= 0.3 is 5.97 Å². The quantitative estimate of drug-likeness (QED) is 0.371. The summed E-state index contributed by atoms with van der Waals surface area (Å²) in [6, 6.07) is 9.94. The molecule has 31 heavy (non-hydrogen) atoms. The molecular formula is C20H19ClN4O4S2. The van der Waals surface area contributed by atoms with Crippen LogP contribution in [0.4, 0.5) is 5.69 Å². The summed E-state index contributed by atoms with van der Waals surface area (Å²) in [4.78, 5) is 37.2. The van der Waals surface area contributed by atoms with Crippen molar-refractivity contribution < 1.29 is 19.1 Å². The van der Waals surface area contributed by atoms with E-state index < -0.39 is 11.2 Å². The van der Waals surface area contributed by atoms with Crippen molar-refractivity contribution in [1.29, 1.82) is 0 Å². The highest BCUT2D eigenvalue weighted by Gasteiger charge is 2.30. The van der Waals surface area contributed by atoms with Crippen molar-refractivity contribution >= 4 is 69.0 Å². The lowest BCUT2D eigenvalue weighted by molar-refractivity contribution is -0.123. The number of esters is 1. The number of thioether (sulfide) groups is 1. The molecule has 1 aromatic carbocycles. The molecule has 1 aliphatic heterocycles. The molecule has 1 unspecified atom stereocenters. The largest absolute Gasteiger partial charge is 0.462 e. The molecule has 0 saturated carbocycles. The second kappa shape index (κ2) is 10.6. The molecule has 1 saturated heterocycles. The van der Waals surface area contributed by atoms with E-state index in [0.29, 0.717) is 21.3 Å². The Labute approximate surface area is 192 Å². The van der Waals surface area contributed by atoms with Gasteiger partial charge in [0.05, 0.1) is 27.1 Å². The number of ether oxygens (including phenoxy) is 1. The lowest BCUT2D eigenvalue weighted by Crippen LogP contribution is -2.41. The zero-order valence-corrected chi connectivity index (χ0v) is 19.1. The molecule has 1 fully saturated rings. The Kier molecular flexibility index (Phi) is 7.83. The topological polar surface area (TPSA) is 109 Å². The number of anilines is 1. The summed E-state index contributed by atoms with van der Waals surface area (Å²) in [6.45, 7) is 3.80. The van der Waals surface area contributed by atoms with Crippen molar-refractivity contribution in [1.82, 2.24) is 5.32 Å². The summed E-state index contributed by atoms with van der Waals surface area (Å²) in [5.74, 6) is -1.09. The number of rotatable bonds is 6. The first-order valence-electron chi connectivity index (χ1n) is 9.28. The van der Waals surface area contributed by atoms with Crippen LogP contribution in [0.15, 0.2) is 46.6 Å². The Morgan fingerprint density at radius 3 is 2.65 bits per heavy atom. The maximum Gasteiger partial charge on any atom is 0.338 e. The summed E-state index contributed by atoms with van der Waals surface area (Å²) < 4.78 is 5.58. The van der Waals surface area contributed by atoms with Gasteiger partial charge < -0.3 is 15.4 Å². The highest BCUT2D eigenvalue weighted by Crippen LogP contribution is 2.24. The van der Waals surface area contributed by atoms with E-state index >= 15 is 0 Å². The number of halogens is 1. The van der Waals surface area contributed by atoms with Crippen LogP contribution < -0.4 is 10.6 Å². The highest BCUT2D eigenvalue weighted by atomic mass is 35.5. The molecule has 2 amide bonds. The lowest BCUT2D eigenvalue weighted by Gasteiger charge is -2.21. The van der Waals surface area contributed by atoms with Gasteiger partial charge in [0.1, 0.15) is 5.25 Å². The Hall–Kier alpha value is -2.69. The van der Waals surface area contributed by atoms with Crippen LogP contribution >= 0.6 is 34.7 Å². The maximum absolute atomic E-state index is 12.6. The standard InChI is InChI=1S/C20H19ClN4O4S2/c1-3-29-19(28)12-4-6-13(7-5-12)22-18(27)15-10-17(26)23-20(31-15)25-24-11(2)14-8-9-16(21)30-14/h4-9,15H,3,10H2,1-2H3,(H,22,27)(H,23,25,26)/b24-11-. The zero-order valence-electron chi connectivity index (χ0n) is 16.7. The van der Waals surface area contributed by atoms with Gasteiger partial charge in [0.2, 0.25) is 11.8 Å². The van der Waals surface area contributed by atoms with E-state index in [1.165, 1.54) is 11.3 Å². The van der Waals surface area contributed by atoms with E-state index in [0.717, 1.165) is 16.6 Å². The molecule has 2 N–H and O–H groups in total. The van der Waals surface area contributed by atoms with E-state index in [1.807, 2.05) is 6.07 Å². The number of benzene rings is 1. The van der Waals surface area contributed by atoms with Gasteiger partial charge in [-0.1, -0.05) is 23.4 Å². The van der Waals surface area contributed by atoms with E-state index in [2.05, 4.69) is 20.8 Å². The Balaban J connectivity index is 1.64. The van der Waals surface area contributed by atoms with Gasteiger partial charge in [0.15, 0.2) is 5.17 Å². The highest BCUT2D eigenvalue weighted by molar-refractivity contribution is 8.15. The second-order valence-electron chi connectivity index (χ2n) is 6.34. The predicted octanol–water partition coefficient (Wildman–Crippen LogP) is 3.92. The average Bonchev–Trinajstić information content (AvgIpc) is 3.18. The molecule has 1 aliphatic rings. The van der Waals surface area contributed by atoms with Crippen molar-refractivity contribution in [3.05, 3.63) is 51.2 Å². The molecule has 0 radical (unpaired) electrons. The third-order valence-corrected chi connectivity index (χ3v) is 6.46. The van der Waals surface area contributed by atoms with Gasteiger partial charge in [-0.25, -0.2) is 4.79 Å². The van der Waals surface area contributed by atoms with Crippen molar-refractivity contribution in [2.24, 2.45) is 10.2 Å². The van der Waals surface area contributed by atoms with Crippen LogP contribution in [0.3, 0.4) is 0 Å². The number of hydrogen-bond acceptors (Lipinski definition) is 8. The number of nitrogens with one attached hydrogen (secondary N) is 2. The third kappa shape index (κ3) is 6.39. The number of carbonyl (C=O) groups excluding carboxylic acids is 3. The summed E-state index contributed by atoms with van der Waals surface area (Å²) in [5, 5.41) is 13.2. The van der Waals surface area contributed by atoms with Crippen LogP contribution in [0.25, 0.3) is 0 Å². The number of thiophene rings is 1. The fraction of sp³-hybridized carbons (Fsp3) is 0.250. The molecule has 3 rings (SSSR count). The molecule has 1 aromatic heterocycles. The van der Waals surface area contributed by atoms with Gasteiger partial charge in [0.25, 0.3) is 0 Å². The minimum atomic E-state index is -0.663. The molecule has 0 spiro atoms. The zero-order chi connectivity index (χ0) is 22.4. The summed E-state index contributed by atoms with van der Waals surface area (Å²) in [5.41, 5.74) is 1.54. The summed E-state index contributed by atoms with van der Waals surface area (Å²) >= 11 is 8.43. The SMILES string of the molecule is CCOC(=O)c1ccc(NC(=O)C2CC(=O)N/C(=N\N=C(\C)c3ccc(Cl)s3)S2)cc1. The van der Waals surface area contributed by atoms with Crippen molar-refractivity contribution in [3.63, 3.8) is 0 Å². The minimum Gasteiger partial charge on any atom is -0.462 e. The Bertz CT molecular complexity index is 1050. The van der Waals surface area contributed by atoms with E-state index in [1.54, 1.807) is 44.2 Å². The average molecular weight is 479 g/mol. The third-order valence-electron chi connectivity index (χ3n) is 4.05. The first-order valence-corrected chi connectivity index (χ1v) is 11.4. The molecule has 162 valence electrons. The van der Waals surface area contributed by atoms with Gasteiger partial charge in [-0.15, -0.1) is 16.4 Å². The van der Waals surface area contributed by atoms with Gasteiger partial charge in [-0.2, -0.15) is 5.10 Å². The number of hydrogen-bond donors (Lipinski definition) is 2. The molecular weight excluding hydrogens is 460 g/mol. The Morgan fingerprint density at radius 1 is 1.26 bits per heavy atom. The monoisotopic (exact) mass is 478 g/mol. The van der Waals surface area contributed by atoms with Crippen LogP contribution in [-0.4, -0.2) is 40.5 Å². The van der Waals surface area contributed by atoms with Crippen LogP contribution in [0, 0.1) is 0 Å². The van der Waals surface area contributed by atoms with Gasteiger partial charge in [-0.05, 0) is 50.2 Å². The van der Waals surface area contributed by atoms with Crippen LogP contribution in [0.1, 0.15) is 35.5 Å². The molecule has 2 heterocycles. The van der Waals surface area contributed by atoms with Crippen molar-refractivity contribution in [3.8, 4) is 0 Å². The molecule has 1 atom stereocenters. The van der Waals surface area contributed by atoms with E-state index in [9.17, 15) is 14.4 Å². The summed E-state index contributed by atoms with van der Waals surface area (Å²) in [7, 11) is 0.